The van der Waals surface area contributed by atoms with Gasteiger partial charge in [-0.25, -0.2) is 9.18 Å². The molecular weight excluding hydrogens is 483 g/mol. The van der Waals surface area contributed by atoms with Gasteiger partial charge in [0.05, 0.1) is 31.4 Å². The zero-order chi connectivity index (χ0) is 25.3. The van der Waals surface area contributed by atoms with E-state index in [0.717, 1.165) is 22.0 Å². The smallest absolute Gasteiger partial charge is 0.337 e. The number of carbonyl (C=O) groups excluding carboxylic acids is 1. The Hall–Kier alpha value is -3.39. The molecule has 0 amide bonds. The highest BCUT2D eigenvalue weighted by atomic mass is 35.5. The van der Waals surface area contributed by atoms with Crippen LogP contribution in [0, 0.1) is 5.82 Å². The number of methoxy groups -OCH3 is 1. The highest BCUT2D eigenvalue weighted by Gasteiger charge is 2.09. The highest BCUT2D eigenvalue weighted by Crippen LogP contribution is 2.23. The summed E-state index contributed by atoms with van der Waals surface area (Å²) < 4.78 is 32.3. The van der Waals surface area contributed by atoms with Crippen LogP contribution in [-0.4, -0.2) is 44.0 Å². The molecule has 3 aromatic carbocycles. The first-order valence-electron chi connectivity index (χ1n) is 11.6. The zero-order valence-electron chi connectivity index (χ0n) is 20.0. The van der Waals surface area contributed by atoms with E-state index in [2.05, 4.69) is 10.1 Å². The zero-order valence-corrected chi connectivity index (χ0v) is 20.8. The number of nitrogens with zero attached hydrogens (tertiary/aromatic N) is 1. The number of nitrogens with one attached hydrogen (secondary N) is 1. The van der Waals surface area contributed by atoms with E-state index in [9.17, 15) is 9.18 Å². The third-order valence-electron chi connectivity index (χ3n) is 5.72. The average molecular weight is 511 g/mol. The second-order valence-corrected chi connectivity index (χ2v) is 8.66. The number of rotatable bonds is 12. The fourth-order valence-corrected chi connectivity index (χ4v) is 4.02. The van der Waals surface area contributed by atoms with Crippen LogP contribution in [0.25, 0.3) is 10.9 Å². The number of aromatic nitrogens is 1. The molecule has 0 aliphatic rings. The molecular formula is C28H28ClFN2O4. The van der Waals surface area contributed by atoms with E-state index in [-0.39, 0.29) is 11.8 Å². The van der Waals surface area contributed by atoms with E-state index in [0.29, 0.717) is 55.8 Å². The number of esters is 1. The van der Waals surface area contributed by atoms with Gasteiger partial charge in [-0.3, -0.25) is 0 Å². The maximum Gasteiger partial charge on any atom is 0.337 e. The molecule has 0 aliphatic heterocycles. The van der Waals surface area contributed by atoms with Crippen molar-refractivity contribution in [1.82, 2.24) is 9.88 Å². The van der Waals surface area contributed by atoms with Crippen molar-refractivity contribution in [1.29, 1.82) is 0 Å². The van der Waals surface area contributed by atoms with Gasteiger partial charge in [-0.1, -0.05) is 23.7 Å². The number of hydrogen-bond donors (Lipinski definition) is 1. The van der Waals surface area contributed by atoms with E-state index < -0.39 is 0 Å². The van der Waals surface area contributed by atoms with Crippen LogP contribution in [0.4, 0.5) is 4.39 Å². The first kappa shape index (κ1) is 25.7. The lowest BCUT2D eigenvalue weighted by Gasteiger charge is -2.10. The molecule has 0 atom stereocenters. The molecule has 8 heteroatoms. The Morgan fingerprint density at radius 3 is 2.53 bits per heavy atom. The molecule has 0 saturated heterocycles. The molecule has 4 rings (SSSR count). The quantitative estimate of drug-likeness (QED) is 0.203. The Morgan fingerprint density at radius 2 is 1.78 bits per heavy atom. The van der Waals surface area contributed by atoms with E-state index in [1.54, 1.807) is 36.4 Å². The molecule has 1 N–H and O–H groups in total. The summed E-state index contributed by atoms with van der Waals surface area (Å²) in [7, 11) is 1.35. The van der Waals surface area contributed by atoms with Gasteiger partial charge in [0.15, 0.2) is 0 Å². The first-order chi connectivity index (χ1) is 17.5. The number of ether oxygens (including phenoxy) is 3. The summed E-state index contributed by atoms with van der Waals surface area (Å²) in [6.07, 6.45) is 1.98. The number of benzene rings is 3. The lowest BCUT2D eigenvalue weighted by atomic mass is 10.1. The Kier molecular flexibility index (Phi) is 8.95. The minimum Gasteiger partial charge on any atom is -0.491 e. The van der Waals surface area contributed by atoms with Crippen LogP contribution in [0.2, 0.25) is 5.02 Å². The minimum atomic E-state index is -0.383. The Bertz CT molecular complexity index is 1290. The first-order valence-corrected chi connectivity index (χ1v) is 12.0. The molecule has 188 valence electrons. The van der Waals surface area contributed by atoms with Gasteiger partial charge in [0.1, 0.15) is 18.2 Å². The SMILES string of the molecule is COC(=O)c1ccc(OCCOCCNCc2cc(F)cc3c2ccn3Cc2ccc(Cl)cc2)cc1. The van der Waals surface area contributed by atoms with Crippen LogP contribution in [0.15, 0.2) is 72.9 Å². The second-order valence-electron chi connectivity index (χ2n) is 8.22. The number of fused-ring (bicyclic) bond motifs is 1. The van der Waals surface area contributed by atoms with Crippen molar-refractivity contribution in [2.24, 2.45) is 0 Å². The van der Waals surface area contributed by atoms with Crippen LogP contribution in [-0.2, 0) is 22.6 Å². The Balaban J connectivity index is 1.20. The minimum absolute atomic E-state index is 0.261. The fourth-order valence-electron chi connectivity index (χ4n) is 3.90. The van der Waals surface area contributed by atoms with Crippen molar-refractivity contribution in [2.75, 3.05) is 33.5 Å². The predicted molar refractivity (Wildman–Crippen MR) is 138 cm³/mol. The topological polar surface area (TPSA) is 61.7 Å². The molecule has 0 fully saturated rings. The lowest BCUT2D eigenvalue weighted by molar-refractivity contribution is 0.0600. The largest absolute Gasteiger partial charge is 0.491 e. The summed E-state index contributed by atoms with van der Waals surface area (Å²) in [5, 5.41) is 5.03. The molecule has 0 radical (unpaired) electrons. The average Bonchev–Trinajstić information content (AvgIpc) is 3.29. The molecule has 0 saturated carbocycles. The van der Waals surface area contributed by atoms with Crippen molar-refractivity contribution >= 4 is 28.5 Å². The van der Waals surface area contributed by atoms with Crippen LogP contribution < -0.4 is 10.1 Å². The van der Waals surface area contributed by atoms with Crippen molar-refractivity contribution in [3.8, 4) is 5.75 Å². The van der Waals surface area contributed by atoms with Gasteiger partial charge in [-0.2, -0.15) is 0 Å². The van der Waals surface area contributed by atoms with E-state index >= 15 is 0 Å². The molecule has 4 aromatic rings. The summed E-state index contributed by atoms with van der Waals surface area (Å²) in [5.74, 6) is 0.0118. The summed E-state index contributed by atoms with van der Waals surface area (Å²) in [6, 6.07) is 19.6. The van der Waals surface area contributed by atoms with Crippen LogP contribution in [0.5, 0.6) is 5.75 Å². The van der Waals surface area contributed by atoms with Gasteiger partial charge < -0.3 is 24.1 Å². The molecule has 36 heavy (non-hydrogen) atoms. The number of halogens is 2. The van der Waals surface area contributed by atoms with Gasteiger partial charge in [0.2, 0.25) is 0 Å². The summed E-state index contributed by atoms with van der Waals surface area (Å²) in [4.78, 5) is 11.4. The summed E-state index contributed by atoms with van der Waals surface area (Å²) in [6.45, 7) is 3.12. The van der Waals surface area contributed by atoms with E-state index in [1.165, 1.54) is 7.11 Å². The van der Waals surface area contributed by atoms with Gasteiger partial charge in [0, 0.05) is 36.2 Å². The normalized spacial score (nSPS) is 11.1. The van der Waals surface area contributed by atoms with Crippen LogP contribution >= 0.6 is 11.6 Å². The number of carbonyl (C=O) groups is 1. The maximum absolute atomic E-state index is 14.4. The molecule has 1 aromatic heterocycles. The monoisotopic (exact) mass is 510 g/mol. The number of hydrogen-bond acceptors (Lipinski definition) is 5. The molecule has 0 aliphatic carbocycles. The third kappa shape index (κ3) is 6.85. The molecule has 0 spiro atoms. The van der Waals surface area contributed by atoms with Gasteiger partial charge in [-0.05, 0) is 65.7 Å². The van der Waals surface area contributed by atoms with Gasteiger partial charge in [0.25, 0.3) is 0 Å². The summed E-state index contributed by atoms with van der Waals surface area (Å²) in [5.41, 5.74) is 3.33. The molecule has 6 nitrogen and oxygen atoms in total. The highest BCUT2D eigenvalue weighted by molar-refractivity contribution is 6.30. The van der Waals surface area contributed by atoms with E-state index in [4.69, 9.17) is 21.1 Å². The summed E-state index contributed by atoms with van der Waals surface area (Å²) >= 11 is 5.98. The van der Waals surface area contributed by atoms with Crippen molar-refractivity contribution < 1.29 is 23.4 Å². The van der Waals surface area contributed by atoms with Gasteiger partial charge in [-0.15, -0.1) is 0 Å². The Labute approximate surface area is 214 Å². The van der Waals surface area contributed by atoms with Crippen molar-refractivity contribution in [3.05, 3.63) is 100 Å². The Morgan fingerprint density at radius 1 is 1.00 bits per heavy atom. The van der Waals surface area contributed by atoms with Crippen molar-refractivity contribution in [3.63, 3.8) is 0 Å². The second kappa shape index (κ2) is 12.5. The predicted octanol–water partition coefficient (Wildman–Crippen LogP) is 5.45. The van der Waals surface area contributed by atoms with Gasteiger partial charge >= 0.3 is 5.97 Å². The molecule has 1 heterocycles. The third-order valence-corrected chi connectivity index (χ3v) is 5.97. The maximum atomic E-state index is 14.4. The fraction of sp³-hybridized carbons (Fsp3) is 0.250. The molecule has 0 bridgehead atoms. The van der Waals surface area contributed by atoms with E-state index in [1.807, 2.05) is 41.1 Å². The van der Waals surface area contributed by atoms with Crippen molar-refractivity contribution in [2.45, 2.75) is 13.1 Å². The lowest BCUT2D eigenvalue weighted by Crippen LogP contribution is -2.20. The van der Waals surface area contributed by atoms with Crippen LogP contribution in [0.1, 0.15) is 21.5 Å². The molecule has 0 unspecified atom stereocenters. The standard InChI is InChI=1S/C28H28ClFN2O4/c1-34-28(33)21-4-8-25(9-5-21)36-15-14-35-13-11-31-18-22-16-24(30)17-27-26(22)10-12-32(27)19-20-2-6-23(29)7-3-20/h2-10,12,16-17,31H,11,13-15,18-19H2,1H3. The van der Waals surface area contributed by atoms with Crippen LogP contribution in [0.3, 0.4) is 0 Å².